The normalized spacial score (nSPS) is 14.6. The summed E-state index contributed by atoms with van der Waals surface area (Å²) in [5.74, 6) is 0.153. The third-order valence-electron chi connectivity index (χ3n) is 4.80. The highest BCUT2D eigenvalue weighted by molar-refractivity contribution is 5.93. The lowest BCUT2D eigenvalue weighted by Gasteiger charge is -2.22. The van der Waals surface area contributed by atoms with Crippen LogP contribution < -0.4 is 14.8 Å². The van der Waals surface area contributed by atoms with Gasteiger partial charge in [-0.3, -0.25) is 9.59 Å². The van der Waals surface area contributed by atoms with E-state index in [1.165, 1.54) is 0 Å². The van der Waals surface area contributed by atoms with Gasteiger partial charge in [0.15, 0.2) is 18.1 Å². The molecule has 6 nitrogen and oxygen atoms in total. The smallest absolute Gasteiger partial charge is 0.314 e. The van der Waals surface area contributed by atoms with Crippen molar-refractivity contribution in [3.05, 3.63) is 54.1 Å². The molecule has 1 aliphatic heterocycles. The van der Waals surface area contributed by atoms with Crippen molar-refractivity contribution in [1.82, 2.24) is 0 Å². The Bertz CT molecular complexity index is 821. The number of amides is 1. The summed E-state index contributed by atoms with van der Waals surface area (Å²) in [5.41, 5.74) is 1.46. The van der Waals surface area contributed by atoms with Gasteiger partial charge in [0.25, 0.3) is 5.91 Å². The maximum absolute atomic E-state index is 12.7. The van der Waals surface area contributed by atoms with Gasteiger partial charge in [0.1, 0.15) is 13.2 Å². The highest BCUT2D eigenvalue weighted by Crippen LogP contribution is 2.32. The molecule has 2 aromatic carbocycles. The molecule has 2 atom stereocenters. The number of nitrogens with one attached hydrogen (secondary N) is 1. The predicted molar refractivity (Wildman–Crippen MR) is 106 cm³/mol. The van der Waals surface area contributed by atoms with E-state index in [9.17, 15) is 9.59 Å². The maximum Gasteiger partial charge on any atom is 0.314 e. The van der Waals surface area contributed by atoms with Crippen LogP contribution in [0.4, 0.5) is 5.69 Å². The Morgan fingerprint density at radius 2 is 1.79 bits per heavy atom. The first kappa shape index (κ1) is 19.7. The average Bonchev–Trinajstić information content (AvgIpc) is 2.73. The van der Waals surface area contributed by atoms with E-state index in [1.807, 2.05) is 44.2 Å². The molecular weight excluding hydrogens is 358 g/mol. The predicted octanol–water partition coefficient (Wildman–Crippen LogP) is 3.77. The van der Waals surface area contributed by atoms with Gasteiger partial charge in [-0.05, 0) is 23.6 Å². The zero-order chi connectivity index (χ0) is 19.9. The molecule has 1 N–H and O–H groups in total. The van der Waals surface area contributed by atoms with Crippen LogP contribution in [0.25, 0.3) is 0 Å². The number of carbonyl (C=O) groups is 2. The second kappa shape index (κ2) is 9.26. The fourth-order valence-electron chi connectivity index (χ4n) is 3.14. The zero-order valence-electron chi connectivity index (χ0n) is 16.1. The number of hydrogen-bond acceptors (Lipinski definition) is 5. The Morgan fingerprint density at radius 3 is 2.50 bits per heavy atom. The first-order valence-corrected chi connectivity index (χ1v) is 9.49. The lowest BCUT2D eigenvalue weighted by atomic mass is 9.86. The highest BCUT2D eigenvalue weighted by atomic mass is 16.6. The molecule has 6 heteroatoms. The number of hydrogen-bond donors (Lipinski definition) is 1. The minimum atomic E-state index is -0.402. The van der Waals surface area contributed by atoms with Gasteiger partial charge in [-0.2, -0.15) is 0 Å². The minimum absolute atomic E-state index is 0.107. The van der Waals surface area contributed by atoms with E-state index in [1.54, 1.807) is 18.2 Å². The second-order valence-corrected chi connectivity index (χ2v) is 6.79. The molecular formula is C22H25NO5. The summed E-state index contributed by atoms with van der Waals surface area (Å²) in [7, 11) is 0. The van der Waals surface area contributed by atoms with Crippen molar-refractivity contribution in [2.45, 2.75) is 26.2 Å². The summed E-state index contributed by atoms with van der Waals surface area (Å²) >= 11 is 0. The van der Waals surface area contributed by atoms with Crippen molar-refractivity contribution in [3.8, 4) is 11.5 Å². The van der Waals surface area contributed by atoms with Crippen LogP contribution >= 0.6 is 0 Å². The maximum atomic E-state index is 12.7. The number of rotatable bonds is 7. The van der Waals surface area contributed by atoms with Gasteiger partial charge in [-0.1, -0.05) is 50.6 Å². The molecule has 0 radical (unpaired) electrons. The van der Waals surface area contributed by atoms with E-state index in [2.05, 4.69) is 5.32 Å². The van der Waals surface area contributed by atoms with Crippen LogP contribution in [0.1, 0.15) is 31.7 Å². The summed E-state index contributed by atoms with van der Waals surface area (Å²) in [6, 6.07) is 14.7. The highest BCUT2D eigenvalue weighted by Gasteiger charge is 2.27. The number of esters is 1. The number of carbonyl (C=O) groups excluding carboxylic acids is 2. The third kappa shape index (κ3) is 4.82. The van der Waals surface area contributed by atoms with Crippen LogP contribution in [0.3, 0.4) is 0 Å². The van der Waals surface area contributed by atoms with Gasteiger partial charge >= 0.3 is 5.97 Å². The molecule has 2 aromatic rings. The Balaban J connectivity index is 1.59. The van der Waals surface area contributed by atoms with Crippen LogP contribution in [-0.2, 0) is 14.3 Å². The first-order chi connectivity index (χ1) is 13.6. The van der Waals surface area contributed by atoms with Crippen LogP contribution in [0.15, 0.2) is 48.5 Å². The van der Waals surface area contributed by atoms with Crippen molar-refractivity contribution in [2.75, 3.05) is 25.1 Å². The topological polar surface area (TPSA) is 73.9 Å². The molecule has 0 aliphatic carbocycles. The zero-order valence-corrected chi connectivity index (χ0v) is 16.1. The molecule has 1 amide bonds. The first-order valence-electron chi connectivity index (χ1n) is 9.49. The summed E-state index contributed by atoms with van der Waals surface area (Å²) < 4.78 is 16.3. The summed E-state index contributed by atoms with van der Waals surface area (Å²) in [6.07, 6.45) is 0.831. The van der Waals surface area contributed by atoms with Crippen molar-refractivity contribution in [1.29, 1.82) is 0 Å². The van der Waals surface area contributed by atoms with Crippen LogP contribution in [0.2, 0.25) is 0 Å². The molecule has 0 fully saturated rings. The monoisotopic (exact) mass is 383 g/mol. The Labute approximate surface area is 164 Å². The lowest BCUT2D eigenvalue weighted by Crippen LogP contribution is -2.27. The van der Waals surface area contributed by atoms with E-state index >= 15 is 0 Å². The van der Waals surface area contributed by atoms with Crippen LogP contribution in [0, 0.1) is 5.92 Å². The number of ether oxygens (including phenoxy) is 3. The van der Waals surface area contributed by atoms with Gasteiger partial charge in [0.2, 0.25) is 0 Å². The second-order valence-electron chi connectivity index (χ2n) is 6.79. The SMILES string of the molecule is CC[C@@H](C)[C@@H](C(=O)OCC(=O)Nc1ccc2c(c1)OCCO2)c1ccccc1. The van der Waals surface area contributed by atoms with Crippen LogP contribution in [0.5, 0.6) is 11.5 Å². The van der Waals surface area contributed by atoms with Gasteiger partial charge in [0, 0.05) is 11.8 Å². The molecule has 0 saturated heterocycles. The van der Waals surface area contributed by atoms with Gasteiger partial charge in [0.05, 0.1) is 5.92 Å². The fraction of sp³-hybridized carbons (Fsp3) is 0.364. The molecule has 1 heterocycles. The number of fused-ring (bicyclic) bond motifs is 1. The quantitative estimate of drug-likeness (QED) is 0.737. The van der Waals surface area contributed by atoms with Crippen molar-refractivity contribution >= 4 is 17.6 Å². The van der Waals surface area contributed by atoms with E-state index in [0.717, 1.165) is 12.0 Å². The lowest BCUT2D eigenvalue weighted by molar-refractivity contribution is -0.150. The molecule has 0 spiro atoms. The average molecular weight is 383 g/mol. The van der Waals surface area contributed by atoms with Crippen molar-refractivity contribution < 1.29 is 23.8 Å². The van der Waals surface area contributed by atoms with Gasteiger partial charge < -0.3 is 19.5 Å². The molecule has 28 heavy (non-hydrogen) atoms. The number of benzene rings is 2. The van der Waals surface area contributed by atoms with E-state index < -0.39 is 17.8 Å². The van der Waals surface area contributed by atoms with Crippen LogP contribution in [-0.4, -0.2) is 31.7 Å². The van der Waals surface area contributed by atoms with Gasteiger partial charge in [-0.25, -0.2) is 0 Å². The number of anilines is 1. The van der Waals surface area contributed by atoms with Crippen molar-refractivity contribution in [3.63, 3.8) is 0 Å². The van der Waals surface area contributed by atoms with Gasteiger partial charge in [-0.15, -0.1) is 0 Å². The molecule has 1 aliphatic rings. The standard InChI is InChI=1S/C22H25NO5/c1-3-15(2)21(16-7-5-4-6-8-16)22(25)28-14-20(24)23-17-9-10-18-19(13-17)27-12-11-26-18/h4-10,13,15,21H,3,11-12,14H2,1-2H3,(H,23,24)/t15-,21-/m1/s1. The molecule has 0 unspecified atom stereocenters. The molecule has 0 aromatic heterocycles. The largest absolute Gasteiger partial charge is 0.486 e. The Morgan fingerprint density at radius 1 is 1.07 bits per heavy atom. The fourth-order valence-corrected chi connectivity index (χ4v) is 3.14. The van der Waals surface area contributed by atoms with E-state index in [0.29, 0.717) is 30.4 Å². The molecule has 3 rings (SSSR count). The third-order valence-corrected chi connectivity index (χ3v) is 4.80. The molecule has 0 bridgehead atoms. The minimum Gasteiger partial charge on any atom is -0.486 e. The van der Waals surface area contributed by atoms with Crippen molar-refractivity contribution in [2.24, 2.45) is 5.92 Å². The van der Waals surface area contributed by atoms with E-state index in [4.69, 9.17) is 14.2 Å². The molecule has 0 saturated carbocycles. The Hall–Kier alpha value is -3.02. The Kier molecular flexibility index (Phi) is 6.53. The summed E-state index contributed by atoms with van der Waals surface area (Å²) in [5, 5.41) is 2.72. The summed E-state index contributed by atoms with van der Waals surface area (Å²) in [6.45, 7) is 4.68. The van der Waals surface area contributed by atoms with E-state index in [-0.39, 0.29) is 12.5 Å². The molecule has 148 valence electrons. The summed E-state index contributed by atoms with van der Waals surface area (Å²) in [4.78, 5) is 24.9.